The third-order valence-electron chi connectivity index (χ3n) is 3.46. The molecule has 0 aromatic heterocycles. The number of nitrogens with one attached hydrogen (secondary N) is 1. The van der Waals surface area contributed by atoms with Crippen molar-refractivity contribution in [3.05, 3.63) is 59.7 Å². The summed E-state index contributed by atoms with van der Waals surface area (Å²) in [5.74, 6) is 0. The van der Waals surface area contributed by atoms with E-state index in [1.807, 2.05) is 26.0 Å². The molecule has 2 aromatic carbocycles. The first-order chi connectivity index (χ1) is 9.95. The quantitative estimate of drug-likeness (QED) is 0.832. The molecule has 1 N–H and O–H groups in total. The molecule has 0 aliphatic rings. The molecule has 0 saturated heterocycles. The second-order valence-electron chi connectivity index (χ2n) is 4.91. The Balaban J connectivity index is 2.58. The number of benzene rings is 2. The molecular weight excluding hydrogens is 275 g/mol. The first-order valence-electron chi connectivity index (χ1n) is 6.94. The van der Waals surface area contributed by atoms with E-state index in [0.717, 1.165) is 18.2 Å². The van der Waals surface area contributed by atoms with Crippen LogP contribution in [0.25, 0.3) is 11.1 Å². The fourth-order valence-corrected chi connectivity index (χ4v) is 2.50. The largest absolute Gasteiger partial charge is 0.417 e. The van der Waals surface area contributed by atoms with Gasteiger partial charge in [-0.05, 0) is 36.2 Å². The molecule has 0 aliphatic heterocycles. The zero-order valence-electron chi connectivity index (χ0n) is 12.0. The Morgan fingerprint density at radius 1 is 0.952 bits per heavy atom. The molecule has 2 aromatic rings. The lowest BCUT2D eigenvalue weighted by Crippen LogP contribution is -2.18. The van der Waals surface area contributed by atoms with Crippen molar-refractivity contribution in [3.63, 3.8) is 0 Å². The van der Waals surface area contributed by atoms with Crippen LogP contribution in [0.3, 0.4) is 0 Å². The van der Waals surface area contributed by atoms with Crippen molar-refractivity contribution >= 4 is 0 Å². The van der Waals surface area contributed by atoms with Crippen LogP contribution in [-0.4, -0.2) is 6.54 Å². The molecule has 1 atom stereocenters. The second kappa shape index (κ2) is 6.31. The van der Waals surface area contributed by atoms with Crippen molar-refractivity contribution in [3.8, 4) is 11.1 Å². The van der Waals surface area contributed by atoms with Crippen LogP contribution in [-0.2, 0) is 6.18 Å². The van der Waals surface area contributed by atoms with Gasteiger partial charge in [-0.2, -0.15) is 13.2 Å². The summed E-state index contributed by atoms with van der Waals surface area (Å²) in [5, 5.41) is 3.25. The van der Waals surface area contributed by atoms with Crippen LogP contribution in [0.4, 0.5) is 13.2 Å². The van der Waals surface area contributed by atoms with E-state index in [0.29, 0.717) is 5.56 Å². The van der Waals surface area contributed by atoms with E-state index in [1.165, 1.54) is 12.1 Å². The van der Waals surface area contributed by atoms with Gasteiger partial charge < -0.3 is 5.32 Å². The lowest BCUT2D eigenvalue weighted by molar-refractivity contribution is -0.137. The Labute approximate surface area is 122 Å². The highest BCUT2D eigenvalue weighted by Gasteiger charge is 2.33. The van der Waals surface area contributed by atoms with Crippen molar-refractivity contribution in [2.24, 2.45) is 0 Å². The molecule has 1 unspecified atom stereocenters. The number of rotatable bonds is 4. The molecule has 0 saturated carbocycles. The average molecular weight is 293 g/mol. The monoisotopic (exact) mass is 293 g/mol. The molecule has 0 spiro atoms. The summed E-state index contributed by atoms with van der Waals surface area (Å²) >= 11 is 0. The van der Waals surface area contributed by atoms with Crippen LogP contribution in [0.5, 0.6) is 0 Å². The summed E-state index contributed by atoms with van der Waals surface area (Å²) in [6.45, 7) is 4.69. The van der Waals surface area contributed by atoms with Crippen molar-refractivity contribution in [1.82, 2.24) is 5.32 Å². The Morgan fingerprint density at radius 2 is 1.52 bits per heavy atom. The molecular formula is C17H18F3N. The fraction of sp³-hybridized carbons (Fsp3) is 0.294. The van der Waals surface area contributed by atoms with E-state index in [2.05, 4.69) is 5.32 Å². The minimum Gasteiger partial charge on any atom is -0.310 e. The summed E-state index contributed by atoms with van der Waals surface area (Å²) in [6, 6.07) is 12.9. The van der Waals surface area contributed by atoms with Gasteiger partial charge in [-0.1, -0.05) is 49.4 Å². The van der Waals surface area contributed by atoms with E-state index in [4.69, 9.17) is 0 Å². The Kier molecular flexibility index (Phi) is 4.68. The van der Waals surface area contributed by atoms with E-state index >= 15 is 0 Å². The SMILES string of the molecule is CCNC(C)c1ccccc1-c1ccccc1C(F)(F)F. The minimum atomic E-state index is -4.36. The Morgan fingerprint density at radius 3 is 2.14 bits per heavy atom. The maximum absolute atomic E-state index is 13.2. The van der Waals surface area contributed by atoms with Gasteiger partial charge in [0.2, 0.25) is 0 Å². The maximum atomic E-state index is 13.2. The molecule has 1 nitrogen and oxygen atoms in total. The maximum Gasteiger partial charge on any atom is 0.417 e. The zero-order chi connectivity index (χ0) is 15.5. The van der Waals surface area contributed by atoms with E-state index in [9.17, 15) is 13.2 Å². The first-order valence-corrected chi connectivity index (χ1v) is 6.94. The number of halogens is 3. The predicted octanol–water partition coefficient (Wildman–Crippen LogP) is 5.04. The van der Waals surface area contributed by atoms with Gasteiger partial charge in [-0.3, -0.25) is 0 Å². The molecule has 4 heteroatoms. The third-order valence-corrected chi connectivity index (χ3v) is 3.46. The van der Waals surface area contributed by atoms with Crippen molar-refractivity contribution < 1.29 is 13.2 Å². The summed E-state index contributed by atoms with van der Waals surface area (Å²) in [4.78, 5) is 0. The number of alkyl halides is 3. The molecule has 0 amide bonds. The highest BCUT2D eigenvalue weighted by molar-refractivity contribution is 5.71. The van der Waals surface area contributed by atoms with Crippen molar-refractivity contribution in [2.45, 2.75) is 26.1 Å². The van der Waals surface area contributed by atoms with Gasteiger partial charge in [-0.15, -0.1) is 0 Å². The van der Waals surface area contributed by atoms with Gasteiger partial charge in [0, 0.05) is 6.04 Å². The topological polar surface area (TPSA) is 12.0 Å². The van der Waals surface area contributed by atoms with Crippen molar-refractivity contribution in [1.29, 1.82) is 0 Å². The lowest BCUT2D eigenvalue weighted by atomic mass is 9.92. The molecule has 21 heavy (non-hydrogen) atoms. The highest BCUT2D eigenvalue weighted by atomic mass is 19.4. The Bertz CT molecular complexity index is 605. The van der Waals surface area contributed by atoms with Crippen LogP contribution in [0.15, 0.2) is 48.5 Å². The number of hydrogen-bond acceptors (Lipinski definition) is 1. The Hall–Kier alpha value is -1.81. The standard InChI is InChI=1S/C17H18F3N/c1-3-21-12(2)13-8-4-5-9-14(13)15-10-6-7-11-16(15)17(18,19)20/h4-12,21H,3H2,1-2H3. The molecule has 112 valence electrons. The van der Waals surface area contributed by atoms with Crippen LogP contribution < -0.4 is 5.32 Å². The van der Waals surface area contributed by atoms with E-state index in [1.54, 1.807) is 18.2 Å². The van der Waals surface area contributed by atoms with Gasteiger partial charge >= 0.3 is 6.18 Å². The van der Waals surface area contributed by atoms with Crippen molar-refractivity contribution in [2.75, 3.05) is 6.54 Å². The number of hydrogen-bond donors (Lipinski definition) is 1. The highest BCUT2D eigenvalue weighted by Crippen LogP contribution is 2.39. The first kappa shape index (κ1) is 15.6. The van der Waals surface area contributed by atoms with Gasteiger partial charge in [-0.25, -0.2) is 0 Å². The average Bonchev–Trinajstić information content (AvgIpc) is 2.46. The lowest BCUT2D eigenvalue weighted by Gasteiger charge is -2.20. The summed E-state index contributed by atoms with van der Waals surface area (Å²) in [7, 11) is 0. The smallest absolute Gasteiger partial charge is 0.310 e. The predicted molar refractivity (Wildman–Crippen MR) is 79.0 cm³/mol. The van der Waals surface area contributed by atoms with Gasteiger partial charge in [0.15, 0.2) is 0 Å². The summed E-state index contributed by atoms with van der Waals surface area (Å²) in [6.07, 6.45) is -4.36. The molecule has 0 aliphatic carbocycles. The van der Waals surface area contributed by atoms with Crippen LogP contribution in [0.1, 0.15) is 31.0 Å². The molecule has 0 fully saturated rings. The van der Waals surface area contributed by atoms with Crippen LogP contribution in [0, 0.1) is 0 Å². The van der Waals surface area contributed by atoms with Crippen LogP contribution >= 0.6 is 0 Å². The third kappa shape index (κ3) is 3.45. The van der Waals surface area contributed by atoms with Gasteiger partial charge in [0.1, 0.15) is 0 Å². The fourth-order valence-electron chi connectivity index (χ4n) is 2.50. The van der Waals surface area contributed by atoms with Crippen LogP contribution in [0.2, 0.25) is 0 Å². The van der Waals surface area contributed by atoms with E-state index in [-0.39, 0.29) is 11.6 Å². The minimum absolute atomic E-state index is 0.00695. The summed E-state index contributed by atoms with van der Waals surface area (Å²) in [5.41, 5.74) is 1.13. The normalized spacial score (nSPS) is 13.2. The molecule has 0 heterocycles. The van der Waals surface area contributed by atoms with E-state index < -0.39 is 11.7 Å². The van der Waals surface area contributed by atoms with Gasteiger partial charge in [0.25, 0.3) is 0 Å². The summed E-state index contributed by atoms with van der Waals surface area (Å²) < 4.78 is 39.6. The molecule has 0 bridgehead atoms. The second-order valence-corrected chi connectivity index (χ2v) is 4.91. The molecule has 0 radical (unpaired) electrons. The zero-order valence-corrected chi connectivity index (χ0v) is 12.0. The van der Waals surface area contributed by atoms with Gasteiger partial charge in [0.05, 0.1) is 5.56 Å². The molecule has 2 rings (SSSR count).